The Bertz CT molecular complexity index is 198. The maximum Gasteiger partial charge on any atom is 0.313 e. The fraction of sp³-hybridized carbons (Fsp3) is 0.889. The fourth-order valence-electron chi connectivity index (χ4n) is 2.69. The van der Waals surface area contributed by atoms with Gasteiger partial charge in [0, 0.05) is 6.54 Å². The molecule has 1 aliphatic carbocycles. The summed E-state index contributed by atoms with van der Waals surface area (Å²) in [7, 11) is 1.49. The van der Waals surface area contributed by atoms with E-state index in [1.165, 1.54) is 20.0 Å². The first-order valence-corrected chi connectivity index (χ1v) is 4.59. The molecule has 0 unspecified atom stereocenters. The zero-order chi connectivity index (χ0) is 8.60. The molecule has 1 N–H and O–H groups in total. The number of esters is 1. The van der Waals surface area contributed by atoms with E-state index in [4.69, 9.17) is 4.74 Å². The normalized spacial score (nSPS) is 36.5. The molecule has 1 saturated heterocycles. The Hall–Kier alpha value is -0.280. The minimum Gasteiger partial charge on any atom is -0.469 e. The minimum absolute atomic E-state index is 0. The maximum absolute atomic E-state index is 11.6. The smallest absolute Gasteiger partial charge is 0.313 e. The molecule has 0 aromatic rings. The quantitative estimate of drug-likeness (QED) is 0.649. The van der Waals surface area contributed by atoms with Gasteiger partial charge in [0.1, 0.15) is 0 Å². The van der Waals surface area contributed by atoms with Crippen molar-refractivity contribution in [1.82, 2.24) is 5.32 Å². The van der Waals surface area contributed by atoms with E-state index in [-0.39, 0.29) is 23.8 Å². The summed E-state index contributed by atoms with van der Waals surface area (Å²) in [4.78, 5) is 11.6. The van der Waals surface area contributed by atoms with E-state index in [1.807, 2.05) is 0 Å². The van der Waals surface area contributed by atoms with Crippen molar-refractivity contribution < 1.29 is 9.53 Å². The SMILES string of the molecule is COC(=O)[C@]12CCC[C@H]1CNC2.Cl. The van der Waals surface area contributed by atoms with E-state index in [1.54, 1.807) is 0 Å². The number of carbonyl (C=O) groups is 1. The van der Waals surface area contributed by atoms with Gasteiger partial charge in [-0.3, -0.25) is 4.79 Å². The van der Waals surface area contributed by atoms with Gasteiger partial charge in [0.2, 0.25) is 0 Å². The Kier molecular flexibility index (Phi) is 3.19. The van der Waals surface area contributed by atoms with Gasteiger partial charge in [-0.1, -0.05) is 6.42 Å². The molecule has 3 nitrogen and oxygen atoms in total. The van der Waals surface area contributed by atoms with Crippen molar-refractivity contribution in [3.05, 3.63) is 0 Å². The molecule has 76 valence electrons. The van der Waals surface area contributed by atoms with E-state index >= 15 is 0 Å². The molecule has 0 spiro atoms. The highest BCUT2D eigenvalue weighted by Gasteiger charge is 2.52. The van der Waals surface area contributed by atoms with Crippen molar-refractivity contribution in [2.45, 2.75) is 19.3 Å². The largest absolute Gasteiger partial charge is 0.469 e. The Labute approximate surface area is 84.6 Å². The topological polar surface area (TPSA) is 38.3 Å². The van der Waals surface area contributed by atoms with Crippen molar-refractivity contribution in [2.75, 3.05) is 20.2 Å². The number of hydrogen-bond donors (Lipinski definition) is 1. The van der Waals surface area contributed by atoms with Crippen LogP contribution in [0, 0.1) is 11.3 Å². The Balaban J connectivity index is 0.000000845. The molecule has 0 bridgehead atoms. The summed E-state index contributed by atoms with van der Waals surface area (Å²) in [6, 6.07) is 0. The van der Waals surface area contributed by atoms with Gasteiger partial charge in [-0.05, 0) is 25.3 Å². The number of halogens is 1. The number of nitrogens with one attached hydrogen (secondary N) is 1. The lowest BCUT2D eigenvalue weighted by molar-refractivity contribution is -0.153. The monoisotopic (exact) mass is 205 g/mol. The van der Waals surface area contributed by atoms with E-state index in [2.05, 4.69) is 5.32 Å². The highest BCUT2D eigenvalue weighted by Crippen LogP contribution is 2.46. The fourth-order valence-corrected chi connectivity index (χ4v) is 2.69. The molecule has 0 radical (unpaired) electrons. The second-order valence-corrected chi connectivity index (χ2v) is 3.87. The number of fused-ring (bicyclic) bond motifs is 1. The van der Waals surface area contributed by atoms with Crippen LogP contribution in [0.25, 0.3) is 0 Å². The van der Waals surface area contributed by atoms with Crippen LogP contribution in [0.4, 0.5) is 0 Å². The van der Waals surface area contributed by atoms with Gasteiger partial charge in [0.05, 0.1) is 12.5 Å². The Morgan fingerprint density at radius 2 is 2.38 bits per heavy atom. The summed E-state index contributed by atoms with van der Waals surface area (Å²) in [5.74, 6) is 0.528. The van der Waals surface area contributed by atoms with Crippen molar-refractivity contribution >= 4 is 18.4 Å². The molecule has 4 heteroatoms. The van der Waals surface area contributed by atoms with Crippen molar-refractivity contribution in [3.8, 4) is 0 Å². The van der Waals surface area contributed by atoms with Gasteiger partial charge in [-0.15, -0.1) is 12.4 Å². The van der Waals surface area contributed by atoms with Crippen LogP contribution < -0.4 is 5.32 Å². The lowest BCUT2D eigenvalue weighted by atomic mass is 9.81. The molecule has 1 heterocycles. The van der Waals surface area contributed by atoms with Crippen molar-refractivity contribution in [2.24, 2.45) is 11.3 Å². The number of rotatable bonds is 1. The molecule has 2 atom stereocenters. The molecule has 0 aromatic carbocycles. The van der Waals surface area contributed by atoms with E-state index in [0.29, 0.717) is 5.92 Å². The summed E-state index contributed by atoms with van der Waals surface area (Å²) in [5.41, 5.74) is -0.158. The van der Waals surface area contributed by atoms with Gasteiger partial charge >= 0.3 is 5.97 Å². The summed E-state index contributed by atoms with van der Waals surface area (Å²) < 4.78 is 4.86. The second kappa shape index (κ2) is 3.84. The zero-order valence-corrected chi connectivity index (χ0v) is 8.65. The van der Waals surface area contributed by atoms with Crippen LogP contribution in [0.15, 0.2) is 0 Å². The molecule has 2 rings (SSSR count). The number of ether oxygens (including phenoxy) is 1. The average Bonchev–Trinajstić information content (AvgIpc) is 2.60. The first-order valence-electron chi connectivity index (χ1n) is 4.59. The number of carbonyl (C=O) groups excluding carboxylic acids is 1. The van der Waals surface area contributed by atoms with Gasteiger partial charge in [0.25, 0.3) is 0 Å². The van der Waals surface area contributed by atoms with E-state index < -0.39 is 0 Å². The van der Waals surface area contributed by atoms with Crippen LogP contribution >= 0.6 is 12.4 Å². The third-order valence-corrected chi connectivity index (χ3v) is 3.38. The molecule has 0 aromatic heterocycles. The van der Waals surface area contributed by atoms with Gasteiger partial charge in [-0.25, -0.2) is 0 Å². The number of hydrogen-bond acceptors (Lipinski definition) is 3. The number of methoxy groups -OCH3 is 1. The first-order chi connectivity index (χ1) is 5.79. The molecule has 0 amide bonds. The summed E-state index contributed by atoms with van der Waals surface area (Å²) >= 11 is 0. The van der Waals surface area contributed by atoms with Gasteiger partial charge in [-0.2, -0.15) is 0 Å². The summed E-state index contributed by atoms with van der Waals surface area (Å²) in [5, 5.41) is 3.28. The van der Waals surface area contributed by atoms with Crippen molar-refractivity contribution in [1.29, 1.82) is 0 Å². The average molecular weight is 206 g/mol. The third-order valence-electron chi connectivity index (χ3n) is 3.38. The Morgan fingerprint density at radius 3 is 3.08 bits per heavy atom. The molecule has 2 fully saturated rings. The molecule has 1 saturated carbocycles. The zero-order valence-electron chi connectivity index (χ0n) is 7.84. The van der Waals surface area contributed by atoms with E-state index in [0.717, 1.165) is 19.5 Å². The summed E-state index contributed by atoms with van der Waals surface area (Å²) in [6.07, 6.45) is 3.38. The minimum atomic E-state index is -0.158. The lowest BCUT2D eigenvalue weighted by Gasteiger charge is -2.24. The molecule has 2 aliphatic rings. The molecule has 1 aliphatic heterocycles. The lowest BCUT2D eigenvalue weighted by Crippen LogP contribution is -2.36. The third kappa shape index (κ3) is 1.44. The summed E-state index contributed by atoms with van der Waals surface area (Å²) in [6.45, 7) is 1.82. The van der Waals surface area contributed by atoms with Crippen LogP contribution in [0.5, 0.6) is 0 Å². The molecular formula is C9H16ClNO2. The van der Waals surface area contributed by atoms with Crippen LogP contribution in [-0.4, -0.2) is 26.2 Å². The maximum atomic E-state index is 11.6. The van der Waals surface area contributed by atoms with Crippen LogP contribution in [0.1, 0.15) is 19.3 Å². The predicted octanol–water partition coefficient (Wildman–Crippen LogP) is 0.971. The van der Waals surface area contributed by atoms with Crippen LogP contribution in [-0.2, 0) is 9.53 Å². The van der Waals surface area contributed by atoms with Crippen molar-refractivity contribution in [3.63, 3.8) is 0 Å². The van der Waals surface area contributed by atoms with Gasteiger partial charge < -0.3 is 10.1 Å². The standard InChI is InChI=1S/C9H15NO2.ClH/c1-12-8(11)9-4-2-3-7(9)5-10-6-9;/h7,10H,2-6H2,1H3;1H/t7-,9-;/m0./s1. The molecular weight excluding hydrogens is 190 g/mol. The van der Waals surface area contributed by atoms with Gasteiger partial charge in [0.15, 0.2) is 0 Å². The highest BCUT2D eigenvalue weighted by molar-refractivity contribution is 5.85. The molecule has 13 heavy (non-hydrogen) atoms. The second-order valence-electron chi connectivity index (χ2n) is 3.87. The van der Waals surface area contributed by atoms with Crippen LogP contribution in [0.2, 0.25) is 0 Å². The van der Waals surface area contributed by atoms with Crippen LogP contribution in [0.3, 0.4) is 0 Å². The first kappa shape index (κ1) is 10.8. The van der Waals surface area contributed by atoms with E-state index in [9.17, 15) is 4.79 Å². The predicted molar refractivity (Wildman–Crippen MR) is 51.9 cm³/mol. The highest BCUT2D eigenvalue weighted by atomic mass is 35.5. The Morgan fingerprint density at radius 1 is 1.62 bits per heavy atom.